The zero-order chi connectivity index (χ0) is 27.0. The Kier molecular flexibility index (Phi) is 4.83. The Hall–Kier alpha value is -5.10. The first-order valence-electron chi connectivity index (χ1n) is 13.5. The highest BCUT2D eigenvalue weighted by Gasteiger charge is 2.32. The summed E-state index contributed by atoms with van der Waals surface area (Å²) in [5, 5.41) is 0. The predicted molar refractivity (Wildman–Crippen MR) is 162 cm³/mol. The summed E-state index contributed by atoms with van der Waals surface area (Å²) in [5.74, 6) is 2.14. The molecular formula is C34H28N5O+. The Morgan fingerprint density at radius 3 is 2.42 bits per heavy atom. The fraction of sp³-hybridized carbons (Fsp3) is 0.118. The maximum Gasteiger partial charge on any atom is 0.284 e. The molecule has 3 aromatic heterocycles. The molecule has 8 rings (SSSR count). The number of furan rings is 1. The molecule has 2 aliphatic rings. The predicted octanol–water partition coefficient (Wildman–Crippen LogP) is 7.95. The first-order chi connectivity index (χ1) is 19.6. The van der Waals surface area contributed by atoms with Crippen LogP contribution in [0.3, 0.4) is 0 Å². The van der Waals surface area contributed by atoms with E-state index in [-0.39, 0.29) is 0 Å². The Bertz CT molecular complexity index is 1980. The molecule has 2 aliphatic heterocycles. The maximum atomic E-state index is 6.06. The van der Waals surface area contributed by atoms with Crippen LogP contribution >= 0.6 is 0 Å². The van der Waals surface area contributed by atoms with E-state index < -0.39 is 0 Å². The fourth-order valence-electron chi connectivity index (χ4n) is 6.32. The maximum absolute atomic E-state index is 6.06. The second-order valence-corrected chi connectivity index (χ2v) is 10.6. The van der Waals surface area contributed by atoms with Gasteiger partial charge in [-0.3, -0.25) is 4.90 Å². The van der Waals surface area contributed by atoms with Gasteiger partial charge in [-0.15, -0.1) is 0 Å². The Morgan fingerprint density at radius 2 is 1.57 bits per heavy atom. The molecule has 0 atom stereocenters. The largest absolute Gasteiger partial charge is 0.462 e. The molecule has 0 fully saturated rings. The average molecular weight is 523 g/mol. The van der Waals surface area contributed by atoms with Crippen LogP contribution in [0.4, 0.5) is 34.4 Å². The topological polar surface area (TPSA) is 40.5 Å². The van der Waals surface area contributed by atoms with E-state index in [0.717, 1.165) is 57.2 Å². The number of pyridine rings is 1. The summed E-state index contributed by atoms with van der Waals surface area (Å²) in [6.07, 6.45) is 7.25. The van der Waals surface area contributed by atoms with Crippen LogP contribution < -0.4 is 9.80 Å². The number of fused-ring (bicyclic) bond motifs is 4. The van der Waals surface area contributed by atoms with Crippen molar-refractivity contribution in [2.45, 2.75) is 6.42 Å². The van der Waals surface area contributed by atoms with E-state index in [1.54, 1.807) is 0 Å². The minimum absolute atomic E-state index is 0.776. The van der Waals surface area contributed by atoms with E-state index in [1.807, 2.05) is 24.5 Å². The van der Waals surface area contributed by atoms with Gasteiger partial charge in [0.2, 0.25) is 0 Å². The molecule has 0 bridgehead atoms. The molecule has 0 unspecified atom stereocenters. The second kappa shape index (κ2) is 8.45. The average Bonchev–Trinajstić information content (AvgIpc) is 3.68. The summed E-state index contributed by atoms with van der Waals surface area (Å²) in [4.78, 5) is 9.80. The van der Waals surface area contributed by atoms with Crippen LogP contribution in [0.25, 0.3) is 33.4 Å². The van der Waals surface area contributed by atoms with Gasteiger partial charge >= 0.3 is 0 Å². The molecule has 6 aromatic rings. The number of aromatic nitrogens is 2. The quantitative estimate of drug-likeness (QED) is 0.221. The monoisotopic (exact) mass is 522 g/mol. The minimum Gasteiger partial charge on any atom is -0.462 e. The van der Waals surface area contributed by atoms with Gasteiger partial charge in [0, 0.05) is 36.3 Å². The van der Waals surface area contributed by atoms with Gasteiger partial charge in [0.25, 0.3) is 5.82 Å². The van der Waals surface area contributed by atoms with E-state index in [1.165, 1.54) is 22.5 Å². The second-order valence-electron chi connectivity index (χ2n) is 10.6. The van der Waals surface area contributed by atoms with Crippen molar-refractivity contribution in [2.75, 3.05) is 23.9 Å². The highest BCUT2D eigenvalue weighted by Crippen LogP contribution is 2.51. The summed E-state index contributed by atoms with van der Waals surface area (Å²) in [6, 6.07) is 29.8. The lowest BCUT2D eigenvalue weighted by atomic mass is 10.0. The molecule has 5 heterocycles. The Morgan fingerprint density at radius 1 is 0.800 bits per heavy atom. The molecule has 6 heteroatoms. The molecule has 0 spiro atoms. The molecule has 194 valence electrons. The van der Waals surface area contributed by atoms with Crippen LogP contribution in [0, 0.1) is 0 Å². The Balaban J connectivity index is 1.34. The van der Waals surface area contributed by atoms with E-state index in [4.69, 9.17) is 9.40 Å². The highest BCUT2D eigenvalue weighted by molar-refractivity contribution is 6.02. The number of hydrogen-bond donors (Lipinski definition) is 0. The molecule has 40 heavy (non-hydrogen) atoms. The number of rotatable bonds is 3. The van der Waals surface area contributed by atoms with Gasteiger partial charge in [-0.25, -0.2) is 14.1 Å². The number of anilines is 5. The van der Waals surface area contributed by atoms with Crippen LogP contribution in [0.1, 0.15) is 5.56 Å². The summed E-state index contributed by atoms with van der Waals surface area (Å²) in [5.41, 5.74) is 11.8. The summed E-state index contributed by atoms with van der Waals surface area (Å²) in [6.45, 7) is 0. The van der Waals surface area contributed by atoms with Crippen molar-refractivity contribution in [3.63, 3.8) is 0 Å². The molecule has 0 amide bonds. The number of hydrogen-bond acceptors (Lipinski definition) is 4. The highest BCUT2D eigenvalue weighted by atomic mass is 16.3. The first-order valence-corrected chi connectivity index (χ1v) is 13.5. The molecule has 6 nitrogen and oxygen atoms in total. The summed E-state index contributed by atoms with van der Waals surface area (Å²) < 4.78 is 10.5. The van der Waals surface area contributed by atoms with Crippen LogP contribution in [0.5, 0.6) is 0 Å². The zero-order valence-electron chi connectivity index (χ0n) is 22.7. The SMILES string of the molecule is CN1c2ccccc2N(c2cccc(-c3cn(C)c4c3CC=[N+]4C)c2)c2nc3c(-c4ccccc4)coc3cc21. The molecule has 0 N–H and O–H groups in total. The van der Waals surface area contributed by atoms with Crippen molar-refractivity contribution in [2.24, 2.45) is 7.05 Å². The van der Waals surface area contributed by atoms with Crippen molar-refractivity contribution in [3.8, 4) is 22.3 Å². The lowest BCUT2D eigenvalue weighted by molar-refractivity contribution is -0.403. The van der Waals surface area contributed by atoms with Crippen molar-refractivity contribution in [3.05, 3.63) is 103 Å². The molecule has 0 saturated heterocycles. The van der Waals surface area contributed by atoms with Crippen molar-refractivity contribution >= 4 is 51.7 Å². The molecule has 0 saturated carbocycles. The van der Waals surface area contributed by atoms with Gasteiger partial charge in [-0.2, -0.15) is 0 Å². The minimum atomic E-state index is 0.776. The number of aryl methyl sites for hydroxylation is 1. The van der Waals surface area contributed by atoms with Gasteiger partial charge in [-0.05, 0) is 35.4 Å². The third kappa shape index (κ3) is 3.22. The van der Waals surface area contributed by atoms with E-state index in [9.17, 15) is 0 Å². The van der Waals surface area contributed by atoms with Crippen LogP contribution in [0.15, 0.2) is 102 Å². The summed E-state index contributed by atoms with van der Waals surface area (Å²) in [7, 11) is 6.34. The van der Waals surface area contributed by atoms with Crippen molar-refractivity contribution < 1.29 is 8.99 Å². The zero-order valence-corrected chi connectivity index (χ0v) is 22.7. The number of benzene rings is 3. The number of nitrogens with zero attached hydrogens (tertiary/aromatic N) is 5. The van der Waals surface area contributed by atoms with Crippen molar-refractivity contribution in [1.82, 2.24) is 9.55 Å². The summed E-state index contributed by atoms with van der Waals surface area (Å²) >= 11 is 0. The van der Waals surface area contributed by atoms with Gasteiger partial charge in [-0.1, -0.05) is 54.6 Å². The van der Waals surface area contributed by atoms with E-state index >= 15 is 0 Å². The first kappa shape index (κ1) is 22.8. The standard InChI is InChI=1S/C34H28N5O/c1-36-17-16-25-26(20-37(2)34(25)36)23-12-9-13-24(18-23)39-29-15-8-7-14-28(29)38(3)30-19-31-32(35-33(30)39)27(21-40-31)22-10-5-4-6-11-22/h4-15,17-21H,16H2,1-3H3/q+1. The third-order valence-electron chi connectivity index (χ3n) is 8.22. The van der Waals surface area contributed by atoms with Crippen LogP contribution in [-0.2, 0) is 13.5 Å². The lowest BCUT2D eigenvalue weighted by Crippen LogP contribution is -2.25. The lowest BCUT2D eigenvalue weighted by Gasteiger charge is -2.37. The normalized spacial score (nSPS) is 13.8. The van der Waals surface area contributed by atoms with Gasteiger partial charge in [0.15, 0.2) is 11.4 Å². The van der Waals surface area contributed by atoms with Crippen LogP contribution in [0.2, 0.25) is 0 Å². The molecule has 0 aliphatic carbocycles. The van der Waals surface area contributed by atoms with Gasteiger partial charge < -0.3 is 9.32 Å². The van der Waals surface area contributed by atoms with E-state index in [0.29, 0.717) is 0 Å². The molecule has 3 aromatic carbocycles. The fourth-order valence-corrected chi connectivity index (χ4v) is 6.32. The van der Waals surface area contributed by atoms with Crippen LogP contribution in [-0.4, -0.2) is 34.4 Å². The molecule has 0 radical (unpaired) electrons. The smallest absolute Gasteiger partial charge is 0.284 e. The van der Waals surface area contributed by atoms with Crippen molar-refractivity contribution in [1.29, 1.82) is 0 Å². The number of para-hydroxylation sites is 2. The van der Waals surface area contributed by atoms with Gasteiger partial charge in [0.1, 0.15) is 11.8 Å². The Labute approximate surface area is 232 Å². The molecular weight excluding hydrogens is 494 g/mol. The van der Waals surface area contributed by atoms with E-state index in [2.05, 4.69) is 119 Å². The third-order valence-corrected chi connectivity index (χ3v) is 8.22. The van der Waals surface area contributed by atoms with Gasteiger partial charge in [0.05, 0.1) is 49.1 Å².